The molecule has 4 rings (SSSR count). The summed E-state index contributed by atoms with van der Waals surface area (Å²) in [5.74, 6) is 1.51. The molecule has 0 N–H and O–H groups in total. The highest BCUT2D eigenvalue weighted by atomic mass is 16.5. The van der Waals surface area contributed by atoms with Gasteiger partial charge >= 0.3 is 0 Å². The lowest BCUT2D eigenvalue weighted by atomic mass is 9.94. The second-order valence-electron chi connectivity index (χ2n) is 7.50. The van der Waals surface area contributed by atoms with Crippen molar-refractivity contribution in [2.24, 2.45) is 0 Å². The Bertz CT molecular complexity index is 777. The van der Waals surface area contributed by atoms with Crippen LogP contribution in [-0.4, -0.2) is 33.5 Å². The lowest BCUT2D eigenvalue weighted by molar-refractivity contribution is -0.130. The van der Waals surface area contributed by atoms with Gasteiger partial charge in [-0.15, -0.1) is 0 Å². The number of aromatic nitrogens is 2. The molecule has 0 spiro atoms. The Morgan fingerprint density at radius 2 is 1.92 bits per heavy atom. The molecular formula is C20H25N3O2. The Hall–Kier alpha value is -2.17. The first-order valence-corrected chi connectivity index (χ1v) is 9.32. The molecule has 1 saturated carbocycles. The predicted molar refractivity (Wildman–Crippen MR) is 95.2 cm³/mol. The summed E-state index contributed by atoms with van der Waals surface area (Å²) in [5, 5.41) is 4.18. The van der Waals surface area contributed by atoms with Crippen LogP contribution in [0.5, 0.6) is 0 Å². The molecule has 2 aromatic rings. The molecule has 25 heavy (non-hydrogen) atoms. The van der Waals surface area contributed by atoms with Crippen LogP contribution in [0, 0.1) is 13.8 Å². The summed E-state index contributed by atoms with van der Waals surface area (Å²) >= 11 is 0. The molecule has 1 amide bonds. The minimum absolute atomic E-state index is 0.0541. The van der Waals surface area contributed by atoms with Crippen LogP contribution in [0.1, 0.15) is 61.4 Å². The van der Waals surface area contributed by atoms with Gasteiger partial charge in [-0.25, -0.2) is 0 Å². The SMILES string of the molecule is Cc1ccc(-c2nc([C@@H]3CC(=O)N(C4CCCCC4)C3)no2)cc1C. The molecule has 132 valence electrons. The van der Waals surface area contributed by atoms with E-state index in [1.165, 1.54) is 30.4 Å². The van der Waals surface area contributed by atoms with Crippen LogP contribution in [0.3, 0.4) is 0 Å². The zero-order chi connectivity index (χ0) is 17.4. The Labute approximate surface area is 148 Å². The maximum Gasteiger partial charge on any atom is 0.257 e. The molecule has 1 saturated heterocycles. The molecule has 1 aromatic heterocycles. The lowest BCUT2D eigenvalue weighted by Gasteiger charge is -2.31. The Morgan fingerprint density at radius 1 is 1.12 bits per heavy atom. The fourth-order valence-corrected chi connectivity index (χ4v) is 4.04. The molecule has 0 unspecified atom stereocenters. The highest BCUT2D eigenvalue weighted by Gasteiger charge is 2.37. The summed E-state index contributed by atoms with van der Waals surface area (Å²) in [6.07, 6.45) is 6.54. The van der Waals surface area contributed by atoms with Crippen LogP contribution >= 0.6 is 0 Å². The van der Waals surface area contributed by atoms with E-state index in [2.05, 4.69) is 41.0 Å². The molecule has 2 heterocycles. The number of hydrogen-bond donors (Lipinski definition) is 0. The molecule has 1 aliphatic carbocycles. The van der Waals surface area contributed by atoms with Crippen LogP contribution in [0.25, 0.3) is 11.5 Å². The average molecular weight is 339 g/mol. The van der Waals surface area contributed by atoms with Crippen molar-refractivity contribution in [1.82, 2.24) is 15.0 Å². The van der Waals surface area contributed by atoms with E-state index in [0.717, 1.165) is 24.9 Å². The summed E-state index contributed by atoms with van der Waals surface area (Å²) in [6, 6.07) is 6.56. The normalized spacial score (nSPS) is 21.9. The Kier molecular flexibility index (Phi) is 4.32. The first-order valence-electron chi connectivity index (χ1n) is 9.32. The smallest absolute Gasteiger partial charge is 0.257 e. The van der Waals surface area contributed by atoms with Gasteiger partial charge in [0.2, 0.25) is 5.91 Å². The van der Waals surface area contributed by atoms with E-state index in [1.54, 1.807) is 0 Å². The van der Waals surface area contributed by atoms with Crippen LogP contribution in [0.15, 0.2) is 22.7 Å². The number of benzene rings is 1. The van der Waals surface area contributed by atoms with Crippen molar-refractivity contribution in [3.63, 3.8) is 0 Å². The highest BCUT2D eigenvalue weighted by Crippen LogP contribution is 2.33. The topological polar surface area (TPSA) is 59.2 Å². The van der Waals surface area contributed by atoms with Crippen molar-refractivity contribution in [2.45, 2.75) is 64.3 Å². The average Bonchev–Trinajstić information content (AvgIpc) is 3.25. The standard InChI is InChI=1S/C20H25N3O2/c1-13-8-9-15(10-14(13)2)20-21-19(22-25-20)16-11-18(24)23(12-16)17-6-4-3-5-7-17/h8-10,16-17H,3-7,11-12H2,1-2H3/t16-/m1/s1. The molecule has 1 aromatic carbocycles. The van der Waals surface area contributed by atoms with Crippen molar-refractivity contribution in [3.05, 3.63) is 35.2 Å². The van der Waals surface area contributed by atoms with Crippen LogP contribution < -0.4 is 0 Å². The van der Waals surface area contributed by atoms with Gasteiger partial charge in [0.1, 0.15) is 0 Å². The van der Waals surface area contributed by atoms with Gasteiger partial charge in [0.25, 0.3) is 5.89 Å². The largest absolute Gasteiger partial charge is 0.339 e. The number of rotatable bonds is 3. The molecule has 0 radical (unpaired) electrons. The van der Waals surface area contributed by atoms with Crippen molar-refractivity contribution in [2.75, 3.05) is 6.54 Å². The summed E-state index contributed by atoms with van der Waals surface area (Å²) in [6.45, 7) is 4.89. The summed E-state index contributed by atoms with van der Waals surface area (Å²) in [4.78, 5) is 19.1. The van der Waals surface area contributed by atoms with E-state index in [1.807, 2.05) is 6.07 Å². The number of hydrogen-bond acceptors (Lipinski definition) is 4. The van der Waals surface area contributed by atoms with Crippen molar-refractivity contribution in [1.29, 1.82) is 0 Å². The minimum Gasteiger partial charge on any atom is -0.339 e. The van der Waals surface area contributed by atoms with Crippen LogP contribution in [0.4, 0.5) is 0 Å². The molecule has 2 fully saturated rings. The van der Waals surface area contributed by atoms with Gasteiger partial charge in [-0.1, -0.05) is 30.5 Å². The van der Waals surface area contributed by atoms with Gasteiger partial charge in [-0.2, -0.15) is 4.98 Å². The van der Waals surface area contributed by atoms with E-state index >= 15 is 0 Å². The van der Waals surface area contributed by atoms with Crippen molar-refractivity contribution < 1.29 is 9.32 Å². The zero-order valence-electron chi connectivity index (χ0n) is 15.0. The molecule has 2 aliphatic rings. The van der Waals surface area contributed by atoms with Gasteiger partial charge in [-0.3, -0.25) is 4.79 Å². The summed E-state index contributed by atoms with van der Waals surface area (Å²) in [5.41, 5.74) is 3.39. The maximum absolute atomic E-state index is 12.5. The van der Waals surface area contributed by atoms with Crippen LogP contribution in [-0.2, 0) is 4.79 Å². The molecular weight excluding hydrogens is 314 g/mol. The van der Waals surface area contributed by atoms with Crippen molar-refractivity contribution >= 4 is 5.91 Å². The molecule has 1 atom stereocenters. The quantitative estimate of drug-likeness (QED) is 0.848. The molecule has 5 heteroatoms. The number of nitrogens with zero attached hydrogens (tertiary/aromatic N) is 3. The second kappa shape index (κ2) is 6.62. The predicted octanol–water partition coefficient (Wildman–Crippen LogP) is 4.00. The van der Waals surface area contributed by atoms with Crippen molar-refractivity contribution in [3.8, 4) is 11.5 Å². The fourth-order valence-electron chi connectivity index (χ4n) is 4.04. The van der Waals surface area contributed by atoms with Crippen LogP contribution in [0.2, 0.25) is 0 Å². The van der Waals surface area contributed by atoms with Gasteiger partial charge in [-0.05, 0) is 49.9 Å². The third-order valence-electron chi connectivity index (χ3n) is 5.73. The summed E-state index contributed by atoms with van der Waals surface area (Å²) < 4.78 is 5.48. The van der Waals surface area contributed by atoms with E-state index in [4.69, 9.17) is 4.52 Å². The number of carbonyl (C=O) groups excluding carboxylic acids is 1. The third kappa shape index (κ3) is 3.20. The number of carbonyl (C=O) groups is 1. The number of amides is 1. The summed E-state index contributed by atoms with van der Waals surface area (Å²) in [7, 11) is 0. The Morgan fingerprint density at radius 3 is 2.68 bits per heavy atom. The van der Waals surface area contributed by atoms with Gasteiger partial charge in [0.15, 0.2) is 5.82 Å². The lowest BCUT2D eigenvalue weighted by Crippen LogP contribution is -2.37. The third-order valence-corrected chi connectivity index (χ3v) is 5.73. The molecule has 0 bridgehead atoms. The van der Waals surface area contributed by atoms with E-state index in [9.17, 15) is 4.79 Å². The second-order valence-corrected chi connectivity index (χ2v) is 7.50. The number of aryl methyl sites for hydroxylation is 2. The Balaban J connectivity index is 1.50. The number of likely N-dealkylation sites (tertiary alicyclic amines) is 1. The zero-order valence-corrected chi connectivity index (χ0v) is 15.0. The van der Waals surface area contributed by atoms with Gasteiger partial charge in [0.05, 0.1) is 0 Å². The van der Waals surface area contributed by atoms with E-state index in [0.29, 0.717) is 24.2 Å². The highest BCUT2D eigenvalue weighted by molar-refractivity contribution is 5.80. The van der Waals surface area contributed by atoms with E-state index in [-0.39, 0.29) is 11.8 Å². The molecule has 1 aliphatic heterocycles. The van der Waals surface area contributed by atoms with E-state index < -0.39 is 0 Å². The molecule has 5 nitrogen and oxygen atoms in total. The van der Waals surface area contributed by atoms with Gasteiger partial charge < -0.3 is 9.42 Å². The van der Waals surface area contributed by atoms with Gasteiger partial charge in [0, 0.05) is 30.5 Å². The minimum atomic E-state index is 0.0541. The monoisotopic (exact) mass is 339 g/mol. The maximum atomic E-state index is 12.5. The first-order chi connectivity index (χ1) is 12.1. The fraction of sp³-hybridized carbons (Fsp3) is 0.550. The first kappa shape index (κ1) is 16.3.